The fraction of sp³-hybridized carbons (Fsp3) is 0.364. The van der Waals surface area contributed by atoms with E-state index >= 15 is 0 Å². The van der Waals surface area contributed by atoms with Gasteiger partial charge in [-0.15, -0.1) is 0 Å². The molecule has 1 aromatic rings. The van der Waals surface area contributed by atoms with Crippen molar-refractivity contribution in [3.8, 4) is 0 Å². The zero-order chi connectivity index (χ0) is 11.7. The highest BCUT2D eigenvalue weighted by atomic mass is 79.9. The number of amides is 1. The highest BCUT2D eigenvalue weighted by Gasteiger charge is 2.26. The molecule has 1 aliphatic heterocycles. The molecule has 1 amide bonds. The van der Waals surface area contributed by atoms with Crippen LogP contribution in [0.3, 0.4) is 0 Å². The zero-order valence-electron chi connectivity index (χ0n) is 8.49. The third kappa shape index (κ3) is 2.25. The van der Waals surface area contributed by atoms with Crippen molar-refractivity contribution >= 4 is 21.8 Å². The minimum absolute atomic E-state index is 0.247. The SMILES string of the molecule is O=C(c1cc(F)ccc1Br)N1CC[C@H](O)C1. The van der Waals surface area contributed by atoms with E-state index in [4.69, 9.17) is 0 Å². The fourth-order valence-electron chi connectivity index (χ4n) is 1.76. The van der Waals surface area contributed by atoms with Gasteiger partial charge in [0.15, 0.2) is 0 Å². The van der Waals surface area contributed by atoms with E-state index in [2.05, 4.69) is 15.9 Å². The number of hydrogen-bond acceptors (Lipinski definition) is 2. The Labute approximate surface area is 101 Å². The summed E-state index contributed by atoms with van der Waals surface area (Å²) >= 11 is 3.22. The molecular formula is C11H11BrFNO2. The highest BCUT2D eigenvalue weighted by Crippen LogP contribution is 2.21. The average molecular weight is 288 g/mol. The molecule has 0 saturated carbocycles. The van der Waals surface area contributed by atoms with Gasteiger partial charge in [0.05, 0.1) is 11.7 Å². The van der Waals surface area contributed by atoms with E-state index in [1.54, 1.807) is 0 Å². The Kier molecular flexibility index (Phi) is 3.25. The molecular weight excluding hydrogens is 277 g/mol. The van der Waals surface area contributed by atoms with Gasteiger partial charge in [0, 0.05) is 17.6 Å². The maximum Gasteiger partial charge on any atom is 0.255 e. The molecule has 1 saturated heterocycles. The number of halogens is 2. The van der Waals surface area contributed by atoms with Gasteiger partial charge in [0.1, 0.15) is 5.82 Å². The number of benzene rings is 1. The summed E-state index contributed by atoms with van der Waals surface area (Å²) in [6, 6.07) is 4.01. The fourth-order valence-corrected chi connectivity index (χ4v) is 2.17. The van der Waals surface area contributed by atoms with Crippen molar-refractivity contribution in [2.24, 2.45) is 0 Å². The molecule has 0 spiro atoms. The van der Waals surface area contributed by atoms with E-state index in [1.807, 2.05) is 0 Å². The van der Waals surface area contributed by atoms with Gasteiger partial charge in [-0.25, -0.2) is 4.39 Å². The second-order valence-electron chi connectivity index (χ2n) is 3.82. The first-order valence-corrected chi connectivity index (χ1v) is 5.79. The van der Waals surface area contributed by atoms with Gasteiger partial charge in [-0.1, -0.05) is 0 Å². The monoisotopic (exact) mass is 287 g/mol. The Morgan fingerprint density at radius 3 is 2.94 bits per heavy atom. The second kappa shape index (κ2) is 4.51. The van der Waals surface area contributed by atoms with Crippen LogP contribution >= 0.6 is 15.9 Å². The topological polar surface area (TPSA) is 40.5 Å². The van der Waals surface area contributed by atoms with Gasteiger partial charge in [0.2, 0.25) is 0 Å². The lowest BCUT2D eigenvalue weighted by Crippen LogP contribution is -2.29. The van der Waals surface area contributed by atoms with E-state index in [0.717, 1.165) is 0 Å². The van der Waals surface area contributed by atoms with E-state index < -0.39 is 11.9 Å². The van der Waals surface area contributed by atoms with Gasteiger partial charge >= 0.3 is 0 Å². The van der Waals surface area contributed by atoms with Crippen LogP contribution in [0.25, 0.3) is 0 Å². The molecule has 0 radical (unpaired) electrons. The summed E-state index contributed by atoms with van der Waals surface area (Å²) in [7, 11) is 0. The molecule has 1 atom stereocenters. The van der Waals surface area contributed by atoms with Crippen molar-refractivity contribution in [1.29, 1.82) is 0 Å². The standard InChI is InChI=1S/C11H11BrFNO2/c12-10-2-1-7(13)5-9(10)11(16)14-4-3-8(15)6-14/h1-2,5,8,15H,3-4,6H2/t8-/m0/s1. The number of β-amino-alcohol motifs (C(OH)–C–C–N with tert-alkyl or cyclic N) is 1. The van der Waals surface area contributed by atoms with Gasteiger partial charge in [-0.2, -0.15) is 0 Å². The molecule has 5 heteroatoms. The lowest BCUT2D eigenvalue weighted by Gasteiger charge is -2.16. The summed E-state index contributed by atoms with van der Waals surface area (Å²) in [5.41, 5.74) is 0.300. The number of carbonyl (C=O) groups excluding carboxylic acids is 1. The Hall–Kier alpha value is -0.940. The van der Waals surface area contributed by atoms with Crippen molar-refractivity contribution in [2.75, 3.05) is 13.1 Å². The summed E-state index contributed by atoms with van der Waals surface area (Å²) in [6.07, 6.45) is 0.120. The van der Waals surface area contributed by atoms with Crippen molar-refractivity contribution in [3.05, 3.63) is 34.1 Å². The van der Waals surface area contributed by atoms with Crippen molar-refractivity contribution in [2.45, 2.75) is 12.5 Å². The van der Waals surface area contributed by atoms with Crippen LogP contribution in [0.5, 0.6) is 0 Å². The maximum absolute atomic E-state index is 13.0. The minimum Gasteiger partial charge on any atom is -0.391 e. The predicted molar refractivity (Wildman–Crippen MR) is 60.6 cm³/mol. The molecule has 16 heavy (non-hydrogen) atoms. The number of aliphatic hydroxyl groups is 1. The number of nitrogens with zero attached hydrogens (tertiary/aromatic N) is 1. The van der Waals surface area contributed by atoms with Crippen LogP contribution in [0.2, 0.25) is 0 Å². The first kappa shape index (κ1) is 11.5. The first-order chi connectivity index (χ1) is 7.58. The van der Waals surface area contributed by atoms with E-state index in [9.17, 15) is 14.3 Å². The summed E-state index contributed by atoms with van der Waals surface area (Å²) in [5.74, 6) is -0.686. The lowest BCUT2D eigenvalue weighted by atomic mass is 10.2. The number of carbonyl (C=O) groups is 1. The molecule has 0 aromatic heterocycles. The third-order valence-electron chi connectivity index (χ3n) is 2.61. The van der Waals surface area contributed by atoms with Gasteiger partial charge < -0.3 is 10.0 Å². The van der Waals surface area contributed by atoms with E-state index in [0.29, 0.717) is 29.5 Å². The summed E-state index contributed by atoms with van der Waals surface area (Å²) in [6.45, 7) is 0.838. The molecule has 1 aromatic carbocycles. The van der Waals surface area contributed by atoms with Crippen LogP contribution in [0.4, 0.5) is 4.39 Å². The summed E-state index contributed by atoms with van der Waals surface area (Å²) in [4.78, 5) is 13.5. The molecule has 3 nitrogen and oxygen atoms in total. The summed E-state index contributed by atoms with van der Waals surface area (Å²) < 4.78 is 13.6. The van der Waals surface area contributed by atoms with Crippen molar-refractivity contribution in [3.63, 3.8) is 0 Å². The molecule has 0 aliphatic carbocycles. The predicted octanol–water partition coefficient (Wildman–Crippen LogP) is 1.79. The molecule has 1 heterocycles. The molecule has 0 unspecified atom stereocenters. The Morgan fingerprint density at radius 1 is 1.56 bits per heavy atom. The Morgan fingerprint density at radius 2 is 2.31 bits per heavy atom. The van der Waals surface area contributed by atoms with Crippen LogP contribution in [-0.2, 0) is 0 Å². The van der Waals surface area contributed by atoms with Gasteiger partial charge in [-0.3, -0.25) is 4.79 Å². The van der Waals surface area contributed by atoms with Gasteiger partial charge in [-0.05, 0) is 40.5 Å². The van der Waals surface area contributed by atoms with Crippen molar-refractivity contribution in [1.82, 2.24) is 4.90 Å². The second-order valence-corrected chi connectivity index (χ2v) is 4.67. The number of rotatable bonds is 1. The maximum atomic E-state index is 13.0. The quantitative estimate of drug-likeness (QED) is 0.856. The van der Waals surface area contributed by atoms with Gasteiger partial charge in [0.25, 0.3) is 5.91 Å². The summed E-state index contributed by atoms with van der Waals surface area (Å²) in [5, 5.41) is 9.34. The molecule has 1 fully saturated rings. The lowest BCUT2D eigenvalue weighted by molar-refractivity contribution is 0.0763. The van der Waals surface area contributed by atoms with E-state index in [-0.39, 0.29) is 5.91 Å². The third-order valence-corrected chi connectivity index (χ3v) is 3.30. The largest absolute Gasteiger partial charge is 0.391 e. The molecule has 0 bridgehead atoms. The van der Waals surface area contributed by atoms with Crippen LogP contribution in [0.1, 0.15) is 16.8 Å². The number of hydrogen-bond donors (Lipinski definition) is 1. The number of likely N-dealkylation sites (tertiary alicyclic amines) is 1. The van der Waals surface area contributed by atoms with E-state index in [1.165, 1.54) is 23.1 Å². The number of aliphatic hydroxyl groups excluding tert-OH is 1. The normalized spacial score (nSPS) is 20.2. The van der Waals surface area contributed by atoms with Crippen LogP contribution in [0.15, 0.2) is 22.7 Å². The minimum atomic E-state index is -0.462. The van der Waals surface area contributed by atoms with Crippen LogP contribution < -0.4 is 0 Å². The molecule has 86 valence electrons. The Bertz CT molecular complexity index is 424. The van der Waals surface area contributed by atoms with Crippen molar-refractivity contribution < 1.29 is 14.3 Å². The first-order valence-electron chi connectivity index (χ1n) is 5.00. The molecule has 1 N–H and O–H groups in total. The van der Waals surface area contributed by atoms with Crippen LogP contribution in [-0.4, -0.2) is 35.1 Å². The average Bonchev–Trinajstić information content (AvgIpc) is 2.67. The zero-order valence-corrected chi connectivity index (χ0v) is 10.1. The molecule has 1 aliphatic rings. The highest BCUT2D eigenvalue weighted by molar-refractivity contribution is 9.10. The van der Waals surface area contributed by atoms with Crippen LogP contribution in [0, 0.1) is 5.82 Å². The Balaban J connectivity index is 2.23. The smallest absolute Gasteiger partial charge is 0.255 e. The molecule has 2 rings (SSSR count).